The lowest BCUT2D eigenvalue weighted by atomic mass is 10.2. The fourth-order valence-electron chi connectivity index (χ4n) is 2.55. The third-order valence-electron chi connectivity index (χ3n) is 3.72. The van der Waals surface area contributed by atoms with Crippen LogP contribution in [-0.2, 0) is 14.8 Å². The lowest BCUT2D eigenvalue weighted by Gasteiger charge is -2.11. The number of hydrogen-bond acceptors (Lipinski definition) is 5. The average Bonchev–Trinajstić information content (AvgIpc) is 2.97. The number of carbonyl (C=O) groups is 1. The number of nitrogens with one attached hydrogen (secondary N) is 1. The lowest BCUT2D eigenvalue weighted by molar-refractivity contribution is 0.0518. The van der Waals surface area contributed by atoms with E-state index in [0.717, 1.165) is 9.54 Å². The summed E-state index contributed by atoms with van der Waals surface area (Å²) >= 11 is 0. The number of esters is 1. The largest absolute Gasteiger partial charge is 0.461 e. The standard InChI is InChI=1S/C17H16N2O5S/c1-3-24-17(21)14-10-12-8-9-18-16(20)15(12)19(14)25(22,23)13-6-4-11(2)5-7-13/h4-10H,3H2,1-2H3,(H,18,20). The molecule has 0 radical (unpaired) electrons. The number of aromatic amines is 1. The van der Waals surface area contributed by atoms with E-state index in [0.29, 0.717) is 5.39 Å². The molecule has 1 aromatic carbocycles. The van der Waals surface area contributed by atoms with E-state index >= 15 is 0 Å². The zero-order valence-electron chi connectivity index (χ0n) is 13.6. The summed E-state index contributed by atoms with van der Waals surface area (Å²) in [7, 11) is -4.16. The summed E-state index contributed by atoms with van der Waals surface area (Å²) in [6.07, 6.45) is 1.39. The van der Waals surface area contributed by atoms with Crippen LogP contribution in [0.15, 0.2) is 52.3 Å². The van der Waals surface area contributed by atoms with Gasteiger partial charge in [-0.2, -0.15) is 0 Å². The summed E-state index contributed by atoms with van der Waals surface area (Å²) in [6, 6.07) is 9.03. The van der Waals surface area contributed by atoms with E-state index in [1.165, 1.54) is 30.5 Å². The third-order valence-corrected chi connectivity index (χ3v) is 5.45. The molecule has 8 heteroatoms. The normalized spacial score (nSPS) is 11.6. The van der Waals surface area contributed by atoms with Gasteiger partial charge >= 0.3 is 5.97 Å². The first-order valence-corrected chi connectivity index (χ1v) is 9.02. The van der Waals surface area contributed by atoms with Gasteiger partial charge in [0.2, 0.25) is 0 Å². The summed E-state index contributed by atoms with van der Waals surface area (Å²) in [5, 5.41) is 0.336. The predicted octanol–water partition coefficient (Wildman–Crippen LogP) is 2.05. The zero-order valence-corrected chi connectivity index (χ0v) is 14.5. The highest BCUT2D eigenvalue weighted by molar-refractivity contribution is 7.90. The maximum atomic E-state index is 13.1. The molecule has 0 amide bonds. The molecule has 0 atom stereocenters. The van der Waals surface area contributed by atoms with Crippen molar-refractivity contribution < 1.29 is 17.9 Å². The van der Waals surface area contributed by atoms with Gasteiger partial charge in [-0.3, -0.25) is 4.79 Å². The van der Waals surface area contributed by atoms with Crippen molar-refractivity contribution in [1.29, 1.82) is 0 Å². The number of H-pyrrole nitrogens is 1. The molecule has 2 heterocycles. The molecule has 0 aliphatic carbocycles. The molecule has 0 fully saturated rings. The summed E-state index contributed by atoms with van der Waals surface area (Å²) in [5.74, 6) is -0.811. The van der Waals surface area contributed by atoms with Gasteiger partial charge in [0.05, 0.1) is 11.5 Å². The number of rotatable bonds is 4. The van der Waals surface area contributed by atoms with Gasteiger partial charge in [0.15, 0.2) is 0 Å². The highest BCUT2D eigenvalue weighted by Gasteiger charge is 2.28. The van der Waals surface area contributed by atoms with Gasteiger partial charge in [-0.15, -0.1) is 0 Å². The third kappa shape index (κ3) is 2.85. The predicted molar refractivity (Wildman–Crippen MR) is 92.3 cm³/mol. The van der Waals surface area contributed by atoms with Gasteiger partial charge in [0.1, 0.15) is 11.2 Å². The van der Waals surface area contributed by atoms with Crippen LogP contribution < -0.4 is 5.56 Å². The molecular weight excluding hydrogens is 344 g/mol. The topological polar surface area (TPSA) is 98.2 Å². The van der Waals surface area contributed by atoms with E-state index in [-0.39, 0.29) is 22.7 Å². The minimum absolute atomic E-state index is 0.0237. The molecule has 0 aliphatic heterocycles. The number of benzene rings is 1. The van der Waals surface area contributed by atoms with Gasteiger partial charge in [-0.1, -0.05) is 17.7 Å². The van der Waals surface area contributed by atoms with Crippen LogP contribution in [0.4, 0.5) is 0 Å². The second-order valence-corrected chi connectivity index (χ2v) is 7.23. The van der Waals surface area contributed by atoms with Crippen molar-refractivity contribution in [1.82, 2.24) is 8.96 Å². The number of carbonyl (C=O) groups excluding carboxylic acids is 1. The Bertz CT molecular complexity index is 1110. The second kappa shape index (κ2) is 6.21. The molecular formula is C17H16N2O5S. The van der Waals surface area contributed by atoms with Crippen LogP contribution >= 0.6 is 0 Å². The monoisotopic (exact) mass is 360 g/mol. The molecule has 0 bridgehead atoms. The quantitative estimate of drug-likeness (QED) is 0.718. The van der Waals surface area contributed by atoms with Crippen LogP contribution in [0.25, 0.3) is 10.9 Å². The van der Waals surface area contributed by atoms with E-state index < -0.39 is 21.6 Å². The van der Waals surface area contributed by atoms with E-state index in [4.69, 9.17) is 4.74 Å². The molecule has 3 aromatic rings. The number of ether oxygens (including phenoxy) is 1. The maximum Gasteiger partial charge on any atom is 0.356 e. The number of fused-ring (bicyclic) bond motifs is 1. The molecule has 0 unspecified atom stereocenters. The number of hydrogen-bond donors (Lipinski definition) is 1. The minimum Gasteiger partial charge on any atom is -0.461 e. The van der Waals surface area contributed by atoms with Crippen LogP contribution in [0.5, 0.6) is 0 Å². The Hall–Kier alpha value is -2.87. The molecule has 2 aromatic heterocycles. The number of pyridine rings is 1. The van der Waals surface area contributed by atoms with E-state index in [1.807, 2.05) is 6.92 Å². The smallest absolute Gasteiger partial charge is 0.356 e. The molecule has 25 heavy (non-hydrogen) atoms. The second-order valence-electron chi connectivity index (χ2n) is 5.44. The Balaban J connectivity index is 2.37. The zero-order chi connectivity index (χ0) is 18.2. The van der Waals surface area contributed by atoms with Gasteiger partial charge in [-0.25, -0.2) is 17.2 Å². The van der Waals surface area contributed by atoms with Crippen molar-refractivity contribution in [2.75, 3.05) is 6.61 Å². The molecule has 0 saturated carbocycles. The van der Waals surface area contributed by atoms with Crippen LogP contribution in [0.3, 0.4) is 0 Å². The first kappa shape index (κ1) is 17.0. The molecule has 0 spiro atoms. The average molecular weight is 360 g/mol. The van der Waals surface area contributed by atoms with E-state index in [9.17, 15) is 18.0 Å². The van der Waals surface area contributed by atoms with Crippen molar-refractivity contribution in [2.45, 2.75) is 18.7 Å². The Morgan fingerprint density at radius 2 is 1.88 bits per heavy atom. The van der Waals surface area contributed by atoms with Crippen LogP contribution in [0, 0.1) is 6.92 Å². The summed E-state index contributed by atoms with van der Waals surface area (Å²) in [5.41, 5.74) is -0.0521. The SMILES string of the molecule is CCOC(=O)c1cc2cc[nH]c(=O)c2n1S(=O)(=O)c1ccc(C)cc1. The highest BCUT2D eigenvalue weighted by atomic mass is 32.2. The molecule has 3 rings (SSSR count). The van der Waals surface area contributed by atoms with Gasteiger partial charge in [0, 0.05) is 11.6 Å². The van der Waals surface area contributed by atoms with Crippen molar-refractivity contribution in [3.8, 4) is 0 Å². The molecule has 0 aliphatic rings. The van der Waals surface area contributed by atoms with Crippen LogP contribution in [-0.4, -0.2) is 30.0 Å². The van der Waals surface area contributed by atoms with Crippen molar-refractivity contribution in [3.05, 3.63) is 64.2 Å². The lowest BCUT2D eigenvalue weighted by Crippen LogP contribution is -2.23. The maximum absolute atomic E-state index is 13.1. The fourth-order valence-corrected chi connectivity index (χ4v) is 4.06. The van der Waals surface area contributed by atoms with Crippen molar-refractivity contribution in [2.24, 2.45) is 0 Å². The minimum atomic E-state index is -4.16. The molecule has 7 nitrogen and oxygen atoms in total. The Labute approximate surface area is 143 Å². The Morgan fingerprint density at radius 1 is 1.20 bits per heavy atom. The Morgan fingerprint density at radius 3 is 2.52 bits per heavy atom. The summed E-state index contributed by atoms with van der Waals surface area (Å²) in [6.45, 7) is 3.53. The Kier molecular flexibility index (Phi) is 4.22. The van der Waals surface area contributed by atoms with Crippen LogP contribution in [0.2, 0.25) is 0 Å². The highest BCUT2D eigenvalue weighted by Crippen LogP contribution is 2.24. The van der Waals surface area contributed by atoms with E-state index in [2.05, 4.69) is 4.98 Å². The van der Waals surface area contributed by atoms with E-state index in [1.54, 1.807) is 19.1 Å². The molecule has 0 saturated heterocycles. The fraction of sp³-hybridized carbons (Fsp3) is 0.176. The first-order chi connectivity index (χ1) is 11.9. The van der Waals surface area contributed by atoms with Crippen molar-refractivity contribution >= 4 is 26.9 Å². The summed E-state index contributed by atoms with van der Waals surface area (Å²) in [4.78, 5) is 26.9. The molecule has 1 N–H and O–H groups in total. The van der Waals surface area contributed by atoms with Crippen molar-refractivity contribution in [3.63, 3.8) is 0 Å². The number of aromatic nitrogens is 2. The van der Waals surface area contributed by atoms with Gasteiger partial charge in [-0.05, 0) is 38.1 Å². The number of nitrogens with zero attached hydrogens (tertiary/aromatic N) is 1. The van der Waals surface area contributed by atoms with Gasteiger partial charge < -0.3 is 9.72 Å². The number of aryl methyl sites for hydroxylation is 1. The molecule has 130 valence electrons. The first-order valence-electron chi connectivity index (χ1n) is 7.58. The summed E-state index contributed by atoms with van der Waals surface area (Å²) < 4.78 is 31.9. The van der Waals surface area contributed by atoms with Gasteiger partial charge in [0.25, 0.3) is 15.6 Å². The van der Waals surface area contributed by atoms with Crippen LogP contribution in [0.1, 0.15) is 23.0 Å².